The van der Waals surface area contributed by atoms with E-state index < -0.39 is 0 Å². The van der Waals surface area contributed by atoms with Crippen LogP contribution < -0.4 is 0 Å². The second-order valence-electron chi connectivity index (χ2n) is 6.65. The first-order chi connectivity index (χ1) is 9.65. The van der Waals surface area contributed by atoms with Crippen LogP contribution in [0, 0.1) is 11.8 Å². The van der Waals surface area contributed by atoms with Crippen molar-refractivity contribution in [2.75, 3.05) is 13.1 Å². The molecule has 112 valence electrons. The highest BCUT2D eigenvalue weighted by molar-refractivity contribution is 5.83. The molecule has 3 fully saturated rings. The zero-order valence-electron chi connectivity index (χ0n) is 12.7. The largest absolute Gasteiger partial charge is 0.336 e. The molecule has 0 radical (unpaired) electrons. The van der Waals surface area contributed by atoms with Gasteiger partial charge in [0.05, 0.1) is 0 Å². The maximum atomic E-state index is 12.4. The van der Waals surface area contributed by atoms with Gasteiger partial charge in [-0.05, 0) is 38.5 Å². The van der Waals surface area contributed by atoms with Gasteiger partial charge in [0.25, 0.3) is 0 Å². The quantitative estimate of drug-likeness (QED) is 0.789. The van der Waals surface area contributed by atoms with E-state index in [9.17, 15) is 9.59 Å². The summed E-state index contributed by atoms with van der Waals surface area (Å²) in [7, 11) is 0. The third-order valence-electron chi connectivity index (χ3n) is 5.06. The van der Waals surface area contributed by atoms with Gasteiger partial charge in [-0.2, -0.15) is 0 Å². The minimum Gasteiger partial charge on any atom is -0.336 e. The molecular weight excluding hydrogens is 252 g/mol. The van der Waals surface area contributed by atoms with Crippen LogP contribution in [-0.2, 0) is 9.59 Å². The van der Waals surface area contributed by atoms with Gasteiger partial charge in [-0.25, -0.2) is 0 Å². The minimum absolute atomic E-state index is 0.230. The van der Waals surface area contributed by atoms with Crippen LogP contribution in [0.5, 0.6) is 0 Å². The molecule has 0 aromatic rings. The first-order valence-electron chi connectivity index (χ1n) is 8.26. The van der Waals surface area contributed by atoms with Crippen molar-refractivity contribution in [1.82, 2.24) is 9.80 Å². The highest BCUT2D eigenvalue weighted by Gasteiger charge is 2.44. The monoisotopic (exact) mass is 278 g/mol. The molecule has 0 aromatic heterocycles. The summed E-state index contributed by atoms with van der Waals surface area (Å²) in [5.41, 5.74) is 0. The Morgan fingerprint density at radius 3 is 1.40 bits per heavy atom. The average Bonchev–Trinajstić information content (AvgIpc) is 3.34. The van der Waals surface area contributed by atoms with Crippen LogP contribution in [-0.4, -0.2) is 46.8 Å². The molecule has 2 saturated carbocycles. The highest BCUT2D eigenvalue weighted by Crippen LogP contribution is 2.36. The Bertz CT molecular complexity index is 363. The Kier molecular flexibility index (Phi) is 3.74. The summed E-state index contributed by atoms with van der Waals surface area (Å²) < 4.78 is 0. The minimum atomic E-state index is 0.230. The molecule has 4 nitrogen and oxygen atoms in total. The summed E-state index contributed by atoms with van der Waals surface area (Å²) in [6.45, 7) is 5.76. The molecule has 0 N–H and O–H groups in total. The molecule has 20 heavy (non-hydrogen) atoms. The molecule has 2 aliphatic carbocycles. The van der Waals surface area contributed by atoms with Gasteiger partial charge in [0, 0.05) is 37.0 Å². The van der Waals surface area contributed by atoms with E-state index in [1.807, 2.05) is 0 Å². The van der Waals surface area contributed by atoms with Crippen molar-refractivity contribution in [1.29, 1.82) is 0 Å². The van der Waals surface area contributed by atoms with Gasteiger partial charge < -0.3 is 9.80 Å². The van der Waals surface area contributed by atoms with E-state index >= 15 is 0 Å². The van der Waals surface area contributed by atoms with Crippen molar-refractivity contribution in [3.05, 3.63) is 0 Å². The molecule has 3 rings (SSSR count). The smallest absolute Gasteiger partial charge is 0.226 e. The molecule has 2 amide bonds. The van der Waals surface area contributed by atoms with E-state index in [0.717, 1.165) is 51.6 Å². The van der Waals surface area contributed by atoms with E-state index in [2.05, 4.69) is 23.6 Å². The SMILES string of the molecule is CCC1CN(C(=O)C2CC2)C(CC)CN1C(=O)C1CC1. The predicted molar refractivity (Wildman–Crippen MR) is 77.0 cm³/mol. The van der Waals surface area contributed by atoms with E-state index in [-0.39, 0.29) is 23.9 Å². The zero-order valence-corrected chi connectivity index (χ0v) is 12.7. The van der Waals surface area contributed by atoms with Crippen LogP contribution in [0.4, 0.5) is 0 Å². The summed E-state index contributed by atoms with van der Waals surface area (Å²) in [5, 5.41) is 0. The lowest BCUT2D eigenvalue weighted by Gasteiger charge is -2.46. The average molecular weight is 278 g/mol. The van der Waals surface area contributed by atoms with Crippen LogP contribution >= 0.6 is 0 Å². The topological polar surface area (TPSA) is 40.6 Å². The standard InChI is InChI=1S/C16H26N2O2/c1-3-13-9-18(16(20)12-7-8-12)14(4-2)10-17(13)15(19)11-5-6-11/h11-14H,3-10H2,1-2H3. The Balaban J connectivity index is 1.73. The lowest BCUT2D eigenvalue weighted by atomic mass is 10.0. The number of piperazine rings is 1. The van der Waals surface area contributed by atoms with E-state index in [0.29, 0.717) is 11.8 Å². The number of hydrogen-bond donors (Lipinski definition) is 0. The third kappa shape index (κ3) is 2.57. The maximum Gasteiger partial charge on any atom is 0.226 e. The summed E-state index contributed by atoms with van der Waals surface area (Å²) in [4.78, 5) is 29.0. The highest BCUT2D eigenvalue weighted by atomic mass is 16.2. The van der Waals surface area contributed by atoms with E-state index in [1.165, 1.54) is 0 Å². The van der Waals surface area contributed by atoms with Gasteiger partial charge in [-0.15, -0.1) is 0 Å². The van der Waals surface area contributed by atoms with Gasteiger partial charge >= 0.3 is 0 Å². The first kappa shape index (κ1) is 13.9. The molecule has 3 aliphatic rings. The Morgan fingerprint density at radius 1 is 0.800 bits per heavy atom. The maximum absolute atomic E-state index is 12.4. The fraction of sp³-hybridized carbons (Fsp3) is 0.875. The lowest BCUT2D eigenvalue weighted by molar-refractivity contribution is -0.148. The van der Waals surface area contributed by atoms with Crippen LogP contribution in [0.15, 0.2) is 0 Å². The molecule has 2 unspecified atom stereocenters. The van der Waals surface area contributed by atoms with Gasteiger partial charge in [0.2, 0.25) is 11.8 Å². The summed E-state index contributed by atoms with van der Waals surface area (Å²) in [6, 6.07) is 0.460. The van der Waals surface area contributed by atoms with Crippen molar-refractivity contribution >= 4 is 11.8 Å². The van der Waals surface area contributed by atoms with Crippen LogP contribution in [0.3, 0.4) is 0 Å². The van der Waals surface area contributed by atoms with Gasteiger partial charge in [-0.1, -0.05) is 13.8 Å². The van der Waals surface area contributed by atoms with Gasteiger partial charge in [-0.3, -0.25) is 9.59 Å². The number of rotatable bonds is 4. The van der Waals surface area contributed by atoms with E-state index in [1.54, 1.807) is 0 Å². The molecule has 0 aromatic carbocycles. The molecule has 2 atom stereocenters. The van der Waals surface area contributed by atoms with Crippen molar-refractivity contribution in [3.63, 3.8) is 0 Å². The number of nitrogens with zero attached hydrogens (tertiary/aromatic N) is 2. The number of carbonyl (C=O) groups excluding carboxylic acids is 2. The summed E-state index contributed by atoms with van der Waals surface area (Å²) in [6.07, 6.45) is 6.15. The third-order valence-corrected chi connectivity index (χ3v) is 5.06. The van der Waals surface area contributed by atoms with Gasteiger partial charge in [0.1, 0.15) is 0 Å². The fourth-order valence-electron chi connectivity index (χ4n) is 3.32. The van der Waals surface area contributed by atoms with Crippen LogP contribution in [0.25, 0.3) is 0 Å². The Morgan fingerprint density at radius 2 is 1.15 bits per heavy atom. The Labute approximate surface area is 121 Å². The normalized spacial score (nSPS) is 30.5. The number of hydrogen-bond acceptors (Lipinski definition) is 2. The second kappa shape index (κ2) is 5.38. The number of carbonyl (C=O) groups is 2. The van der Waals surface area contributed by atoms with Crippen molar-refractivity contribution in [2.24, 2.45) is 11.8 Å². The lowest BCUT2D eigenvalue weighted by Crippen LogP contribution is -2.61. The van der Waals surface area contributed by atoms with Crippen LogP contribution in [0.2, 0.25) is 0 Å². The summed E-state index contributed by atoms with van der Waals surface area (Å²) in [5.74, 6) is 1.25. The number of amides is 2. The van der Waals surface area contributed by atoms with Crippen molar-refractivity contribution in [3.8, 4) is 0 Å². The first-order valence-corrected chi connectivity index (χ1v) is 8.26. The fourth-order valence-corrected chi connectivity index (χ4v) is 3.32. The molecule has 0 bridgehead atoms. The second-order valence-corrected chi connectivity index (χ2v) is 6.65. The van der Waals surface area contributed by atoms with Crippen LogP contribution in [0.1, 0.15) is 52.4 Å². The molecule has 1 heterocycles. The van der Waals surface area contributed by atoms with Gasteiger partial charge in [0.15, 0.2) is 0 Å². The molecular formula is C16H26N2O2. The molecule has 1 aliphatic heterocycles. The van der Waals surface area contributed by atoms with E-state index in [4.69, 9.17) is 0 Å². The Hall–Kier alpha value is -1.06. The van der Waals surface area contributed by atoms with Crippen molar-refractivity contribution in [2.45, 2.75) is 64.5 Å². The van der Waals surface area contributed by atoms with Crippen molar-refractivity contribution < 1.29 is 9.59 Å². The zero-order chi connectivity index (χ0) is 14.3. The molecule has 4 heteroatoms. The predicted octanol–water partition coefficient (Wildman–Crippen LogP) is 2.03. The molecule has 1 saturated heterocycles. The summed E-state index contributed by atoms with van der Waals surface area (Å²) >= 11 is 0. The molecule has 0 spiro atoms.